The fourth-order valence-electron chi connectivity index (χ4n) is 5.15. The zero-order valence-electron chi connectivity index (χ0n) is 20.0. The lowest BCUT2D eigenvalue weighted by Crippen LogP contribution is -2.42. The quantitative estimate of drug-likeness (QED) is 0.555. The molecular formula is C24H28F2N8O2. The van der Waals surface area contributed by atoms with E-state index >= 15 is 0 Å². The lowest BCUT2D eigenvalue weighted by Gasteiger charge is -2.35. The van der Waals surface area contributed by atoms with Crippen molar-refractivity contribution in [3.8, 4) is 0 Å². The summed E-state index contributed by atoms with van der Waals surface area (Å²) in [4.78, 5) is 37.7. The third kappa shape index (κ3) is 4.42. The second-order valence-corrected chi connectivity index (χ2v) is 9.38. The number of anilines is 3. The van der Waals surface area contributed by atoms with Crippen molar-refractivity contribution in [2.45, 2.75) is 32.6 Å². The first-order chi connectivity index (χ1) is 17.4. The van der Waals surface area contributed by atoms with Gasteiger partial charge in [0.1, 0.15) is 11.3 Å². The van der Waals surface area contributed by atoms with Crippen LogP contribution in [0.3, 0.4) is 0 Å². The van der Waals surface area contributed by atoms with E-state index in [-0.39, 0.29) is 40.2 Å². The van der Waals surface area contributed by atoms with Gasteiger partial charge in [-0.2, -0.15) is 0 Å². The van der Waals surface area contributed by atoms with Gasteiger partial charge in [0.05, 0.1) is 30.5 Å². The Morgan fingerprint density at radius 1 is 1.14 bits per heavy atom. The van der Waals surface area contributed by atoms with Crippen LogP contribution in [-0.4, -0.2) is 62.5 Å². The van der Waals surface area contributed by atoms with Crippen LogP contribution in [0.25, 0.3) is 5.65 Å². The van der Waals surface area contributed by atoms with Crippen LogP contribution in [0.15, 0.2) is 24.8 Å². The predicted octanol–water partition coefficient (Wildman–Crippen LogP) is 2.71. The molecule has 3 aromatic heterocycles. The Morgan fingerprint density at radius 2 is 1.92 bits per heavy atom. The highest BCUT2D eigenvalue weighted by Gasteiger charge is 2.33. The van der Waals surface area contributed by atoms with Crippen molar-refractivity contribution < 1.29 is 18.4 Å². The van der Waals surface area contributed by atoms with Crippen molar-refractivity contribution in [3.63, 3.8) is 0 Å². The maximum atomic E-state index is 15.0. The summed E-state index contributed by atoms with van der Waals surface area (Å²) in [5, 5.41) is 6.59. The topological polar surface area (TPSA) is 122 Å². The molecule has 0 unspecified atom stereocenters. The zero-order chi connectivity index (χ0) is 25.4. The molecule has 0 spiro atoms. The number of aromatic nitrogens is 4. The molecule has 2 fully saturated rings. The first-order valence-corrected chi connectivity index (χ1v) is 12.1. The highest BCUT2D eigenvalue weighted by atomic mass is 19.1. The SMILES string of the molecule is CC[C@H]1CCN(C(=O)C2CCN(c3c(F)cncc3NC(=O)c3c(N)nn4cc(F)cnc34)CC2)C1. The van der Waals surface area contributed by atoms with E-state index in [1.54, 1.807) is 0 Å². The Labute approximate surface area is 206 Å². The highest BCUT2D eigenvalue weighted by molar-refractivity contribution is 6.12. The molecule has 2 aliphatic heterocycles. The molecule has 0 aliphatic carbocycles. The molecule has 0 radical (unpaired) electrons. The number of hydrogen-bond acceptors (Lipinski definition) is 7. The summed E-state index contributed by atoms with van der Waals surface area (Å²) < 4.78 is 29.5. The van der Waals surface area contributed by atoms with Gasteiger partial charge in [-0.15, -0.1) is 5.10 Å². The van der Waals surface area contributed by atoms with Crippen molar-refractivity contribution in [2.75, 3.05) is 42.1 Å². The number of nitrogens with zero attached hydrogens (tertiary/aromatic N) is 6. The summed E-state index contributed by atoms with van der Waals surface area (Å²) in [7, 11) is 0. The Balaban J connectivity index is 1.31. The largest absolute Gasteiger partial charge is 0.381 e. The van der Waals surface area contributed by atoms with Gasteiger partial charge in [-0.3, -0.25) is 14.6 Å². The molecule has 3 aromatic rings. The molecule has 5 rings (SSSR count). The number of likely N-dealkylation sites (tertiary alicyclic amines) is 1. The van der Waals surface area contributed by atoms with Crippen LogP contribution in [-0.2, 0) is 4.79 Å². The van der Waals surface area contributed by atoms with Gasteiger partial charge in [-0.05, 0) is 25.2 Å². The number of nitrogen functional groups attached to an aromatic ring is 1. The molecule has 2 amide bonds. The fourth-order valence-corrected chi connectivity index (χ4v) is 5.15. The summed E-state index contributed by atoms with van der Waals surface area (Å²) in [5.41, 5.74) is 6.28. The third-order valence-electron chi connectivity index (χ3n) is 7.15. The first-order valence-electron chi connectivity index (χ1n) is 12.1. The van der Waals surface area contributed by atoms with Crippen molar-refractivity contribution in [2.24, 2.45) is 11.8 Å². The van der Waals surface area contributed by atoms with Gasteiger partial charge >= 0.3 is 0 Å². The Kier molecular flexibility index (Phi) is 6.42. The Hall–Kier alpha value is -3.83. The van der Waals surface area contributed by atoms with E-state index in [2.05, 4.69) is 27.3 Å². The number of carbonyl (C=O) groups excluding carboxylic acids is 2. The number of halogens is 2. The molecule has 1 atom stereocenters. The molecule has 0 aromatic carbocycles. The van der Waals surface area contributed by atoms with Crippen molar-refractivity contribution in [1.29, 1.82) is 0 Å². The minimum absolute atomic E-state index is 0.0505. The van der Waals surface area contributed by atoms with E-state index < -0.39 is 17.5 Å². The van der Waals surface area contributed by atoms with Gasteiger partial charge in [0.15, 0.2) is 23.1 Å². The average molecular weight is 499 g/mol. The summed E-state index contributed by atoms with van der Waals surface area (Å²) in [6, 6.07) is 0. The van der Waals surface area contributed by atoms with Crippen LogP contribution < -0.4 is 16.0 Å². The number of amides is 2. The zero-order valence-corrected chi connectivity index (χ0v) is 20.0. The summed E-state index contributed by atoms with van der Waals surface area (Å²) in [6.07, 6.45) is 7.78. The molecule has 190 valence electrons. The molecule has 2 aliphatic rings. The molecule has 36 heavy (non-hydrogen) atoms. The Morgan fingerprint density at radius 3 is 2.64 bits per heavy atom. The average Bonchev–Trinajstić information content (AvgIpc) is 3.47. The maximum Gasteiger partial charge on any atom is 0.263 e. The van der Waals surface area contributed by atoms with Crippen LogP contribution in [0.4, 0.5) is 26.0 Å². The third-order valence-corrected chi connectivity index (χ3v) is 7.15. The number of rotatable bonds is 5. The van der Waals surface area contributed by atoms with E-state index in [1.165, 1.54) is 6.20 Å². The lowest BCUT2D eigenvalue weighted by atomic mass is 9.94. The highest BCUT2D eigenvalue weighted by Crippen LogP contribution is 2.34. The number of fused-ring (bicyclic) bond motifs is 1. The monoisotopic (exact) mass is 498 g/mol. The molecule has 5 heterocycles. The molecule has 10 nitrogen and oxygen atoms in total. The van der Waals surface area contributed by atoms with Crippen molar-refractivity contribution in [3.05, 3.63) is 42.0 Å². The summed E-state index contributed by atoms with van der Waals surface area (Å²) in [6.45, 7) is 4.70. The van der Waals surface area contributed by atoms with Gasteiger partial charge in [-0.1, -0.05) is 13.3 Å². The van der Waals surface area contributed by atoms with E-state index in [1.807, 2.05) is 9.80 Å². The normalized spacial score (nSPS) is 18.7. The van der Waals surface area contributed by atoms with Crippen LogP contribution >= 0.6 is 0 Å². The standard InChI is InChI=1S/C24H28F2N8O2/c1-2-14-3-6-33(12-14)24(36)15-4-7-32(8-5-15)20-17(26)10-28-11-18(20)30-23(35)19-21(27)31-34-13-16(25)9-29-22(19)34/h9-11,13-15H,2-8,12H2,1H3,(H2,27,31)(H,30,35)/t14-/m0/s1. The minimum atomic E-state index is -0.667. The van der Waals surface area contributed by atoms with Crippen LogP contribution in [0.2, 0.25) is 0 Å². The van der Waals surface area contributed by atoms with Gasteiger partial charge in [0.2, 0.25) is 5.91 Å². The number of pyridine rings is 1. The molecule has 0 bridgehead atoms. The number of piperidine rings is 1. The van der Waals surface area contributed by atoms with E-state index in [4.69, 9.17) is 5.73 Å². The molecule has 0 saturated carbocycles. The van der Waals surface area contributed by atoms with E-state index in [9.17, 15) is 18.4 Å². The molecule has 3 N–H and O–H groups in total. The van der Waals surface area contributed by atoms with Gasteiger partial charge in [0.25, 0.3) is 5.91 Å². The molecule has 12 heteroatoms. The summed E-state index contributed by atoms with van der Waals surface area (Å²) >= 11 is 0. The maximum absolute atomic E-state index is 15.0. The van der Waals surface area contributed by atoms with Crippen molar-refractivity contribution >= 4 is 34.7 Å². The van der Waals surface area contributed by atoms with Gasteiger partial charge in [-0.25, -0.2) is 18.3 Å². The van der Waals surface area contributed by atoms with Crippen LogP contribution in [0, 0.1) is 23.5 Å². The fraction of sp³-hybridized carbons (Fsp3) is 0.458. The number of nitrogens with two attached hydrogens (primary N) is 1. The molecule has 2 saturated heterocycles. The summed E-state index contributed by atoms with van der Waals surface area (Å²) in [5.74, 6) is -1.36. The number of carbonyl (C=O) groups is 2. The van der Waals surface area contributed by atoms with Crippen molar-refractivity contribution in [1.82, 2.24) is 24.5 Å². The van der Waals surface area contributed by atoms with E-state index in [0.29, 0.717) is 31.8 Å². The predicted molar refractivity (Wildman–Crippen MR) is 129 cm³/mol. The lowest BCUT2D eigenvalue weighted by molar-refractivity contribution is -0.135. The van der Waals surface area contributed by atoms with Gasteiger partial charge in [0, 0.05) is 32.1 Å². The Bertz CT molecular complexity index is 1300. The smallest absolute Gasteiger partial charge is 0.263 e. The van der Waals surface area contributed by atoms with E-state index in [0.717, 1.165) is 49.0 Å². The van der Waals surface area contributed by atoms with Crippen LogP contribution in [0.5, 0.6) is 0 Å². The van der Waals surface area contributed by atoms with Crippen LogP contribution in [0.1, 0.15) is 43.0 Å². The second kappa shape index (κ2) is 9.67. The number of hydrogen-bond donors (Lipinski definition) is 2. The minimum Gasteiger partial charge on any atom is -0.381 e. The molecular weight excluding hydrogens is 470 g/mol. The van der Waals surface area contributed by atoms with Gasteiger partial charge < -0.3 is 20.9 Å². The first kappa shape index (κ1) is 23.9. The number of nitrogens with one attached hydrogen (secondary N) is 1. The second-order valence-electron chi connectivity index (χ2n) is 9.38.